The van der Waals surface area contributed by atoms with Crippen LogP contribution in [0.2, 0.25) is 0 Å². The quantitative estimate of drug-likeness (QED) is 0.656. The van der Waals surface area contributed by atoms with Gasteiger partial charge in [-0.2, -0.15) is 0 Å². The van der Waals surface area contributed by atoms with Gasteiger partial charge in [0.1, 0.15) is 5.82 Å². The largest absolute Gasteiger partial charge is 0.395 e. The third-order valence-electron chi connectivity index (χ3n) is 3.36. The molecule has 1 aromatic rings. The molecule has 1 aliphatic heterocycles. The van der Waals surface area contributed by atoms with E-state index in [2.05, 4.69) is 0 Å². The summed E-state index contributed by atoms with van der Waals surface area (Å²) in [5.41, 5.74) is -0.0959. The lowest BCUT2D eigenvalue weighted by Crippen LogP contribution is -2.32. The third kappa shape index (κ3) is 2.49. The number of aliphatic hydroxyl groups excluding tert-OH is 1. The summed E-state index contributed by atoms with van der Waals surface area (Å²) in [6.45, 7) is 0.910. The molecule has 1 aromatic carbocycles. The molecule has 2 rings (SSSR count). The maximum Gasteiger partial charge on any atom is 0.276 e. The van der Waals surface area contributed by atoms with E-state index in [1.807, 2.05) is 4.90 Å². The van der Waals surface area contributed by atoms with Gasteiger partial charge in [0.15, 0.2) is 0 Å². The molecule has 98 valence electrons. The van der Waals surface area contributed by atoms with Crippen molar-refractivity contribution in [1.82, 2.24) is 4.90 Å². The van der Waals surface area contributed by atoms with Crippen LogP contribution in [0.1, 0.15) is 18.4 Å². The Morgan fingerprint density at radius 2 is 2.33 bits per heavy atom. The van der Waals surface area contributed by atoms with E-state index >= 15 is 0 Å². The van der Waals surface area contributed by atoms with E-state index in [1.165, 1.54) is 18.2 Å². The highest BCUT2D eigenvalue weighted by Crippen LogP contribution is 2.26. The van der Waals surface area contributed by atoms with Crippen molar-refractivity contribution in [3.05, 3.63) is 39.7 Å². The highest BCUT2D eigenvalue weighted by atomic mass is 19.1. The predicted octanol–water partition coefficient (Wildman–Crippen LogP) is 1.69. The molecule has 1 heterocycles. The summed E-state index contributed by atoms with van der Waals surface area (Å²) in [6.07, 6.45) is 1.77. The first-order chi connectivity index (χ1) is 8.63. The Bertz CT molecular complexity index is 453. The predicted molar refractivity (Wildman–Crippen MR) is 63.6 cm³/mol. The molecule has 0 aromatic heterocycles. The molecule has 0 amide bonds. The summed E-state index contributed by atoms with van der Waals surface area (Å²) in [6, 6.07) is 3.85. The van der Waals surface area contributed by atoms with Crippen molar-refractivity contribution in [3.8, 4) is 0 Å². The topological polar surface area (TPSA) is 66.6 Å². The van der Waals surface area contributed by atoms with Gasteiger partial charge >= 0.3 is 0 Å². The maximum absolute atomic E-state index is 13.7. The Kier molecular flexibility index (Phi) is 3.88. The molecule has 0 saturated carbocycles. The Balaban J connectivity index is 2.25. The molecule has 5 nitrogen and oxygen atoms in total. The summed E-state index contributed by atoms with van der Waals surface area (Å²) in [7, 11) is 0. The molecular formula is C12H15FN2O3. The first-order valence-corrected chi connectivity index (χ1v) is 5.90. The van der Waals surface area contributed by atoms with Crippen molar-refractivity contribution in [1.29, 1.82) is 0 Å². The molecule has 18 heavy (non-hydrogen) atoms. The normalized spacial score (nSPS) is 20.2. The fraction of sp³-hybridized carbons (Fsp3) is 0.500. The molecule has 0 spiro atoms. The van der Waals surface area contributed by atoms with Crippen LogP contribution in [0.5, 0.6) is 0 Å². The van der Waals surface area contributed by atoms with Crippen LogP contribution < -0.4 is 0 Å². The minimum absolute atomic E-state index is 0.00223. The van der Waals surface area contributed by atoms with Crippen LogP contribution in [0, 0.1) is 15.9 Å². The lowest BCUT2D eigenvalue weighted by Gasteiger charge is -2.22. The number of aliphatic hydroxyl groups is 1. The zero-order chi connectivity index (χ0) is 13.1. The molecule has 1 N–H and O–H groups in total. The van der Waals surface area contributed by atoms with E-state index in [1.54, 1.807) is 0 Å². The van der Waals surface area contributed by atoms with E-state index in [4.69, 9.17) is 0 Å². The maximum atomic E-state index is 13.7. The van der Waals surface area contributed by atoms with E-state index in [0.717, 1.165) is 19.4 Å². The summed E-state index contributed by atoms with van der Waals surface area (Å²) in [5.74, 6) is -0.562. The van der Waals surface area contributed by atoms with Crippen LogP contribution >= 0.6 is 0 Å². The first-order valence-electron chi connectivity index (χ1n) is 5.90. The van der Waals surface area contributed by atoms with Crippen LogP contribution in [-0.4, -0.2) is 34.1 Å². The second kappa shape index (κ2) is 5.41. The number of likely N-dealkylation sites (tertiary alicyclic amines) is 1. The number of hydrogen-bond acceptors (Lipinski definition) is 4. The van der Waals surface area contributed by atoms with Crippen molar-refractivity contribution in [2.45, 2.75) is 25.4 Å². The van der Waals surface area contributed by atoms with Crippen LogP contribution in [-0.2, 0) is 6.54 Å². The van der Waals surface area contributed by atoms with Crippen LogP contribution in [0.25, 0.3) is 0 Å². The smallest absolute Gasteiger partial charge is 0.276 e. The molecule has 1 atom stereocenters. The molecule has 6 heteroatoms. The van der Waals surface area contributed by atoms with Gasteiger partial charge in [-0.3, -0.25) is 15.0 Å². The van der Waals surface area contributed by atoms with E-state index in [9.17, 15) is 19.6 Å². The van der Waals surface area contributed by atoms with Gasteiger partial charge in [-0.1, -0.05) is 6.07 Å². The number of halogens is 1. The fourth-order valence-corrected chi connectivity index (χ4v) is 2.39. The third-order valence-corrected chi connectivity index (χ3v) is 3.36. The summed E-state index contributed by atoms with van der Waals surface area (Å²) in [5, 5.41) is 20.1. The SMILES string of the molecule is O=[N+]([O-])c1cccc(F)c1CN1CCC[C@@H]1CO. The molecule has 0 radical (unpaired) electrons. The Hall–Kier alpha value is -1.53. The fourth-order valence-electron chi connectivity index (χ4n) is 2.39. The van der Waals surface area contributed by atoms with Crippen molar-refractivity contribution >= 4 is 5.69 Å². The number of nitro groups is 1. The molecule has 0 aliphatic carbocycles. The molecule has 1 fully saturated rings. The van der Waals surface area contributed by atoms with Gasteiger partial charge in [-0.05, 0) is 25.5 Å². The number of nitro benzene ring substituents is 1. The molecular weight excluding hydrogens is 239 g/mol. The summed E-state index contributed by atoms with van der Waals surface area (Å²) >= 11 is 0. The molecule has 0 unspecified atom stereocenters. The Morgan fingerprint density at radius 1 is 1.56 bits per heavy atom. The zero-order valence-corrected chi connectivity index (χ0v) is 9.88. The van der Waals surface area contributed by atoms with Gasteiger partial charge < -0.3 is 5.11 Å². The van der Waals surface area contributed by atoms with E-state index in [0.29, 0.717) is 0 Å². The first kappa shape index (κ1) is 12.9. The zero-order valence-electron chi connectivity index (χ0n) is 9.88. The van der Waals surface area contributed by atoms with Crippen molar-refractivity contribution < 1.29 is 14.4 Å². The standard InChI is InChI=1S/C12H15FN2O3/c13-11-4-1-5-12(15(17)18)10(11)7-14-6-2-3-9(14)8-16/h1,4-5,9,16H,2-3,6-8H2/t9-/m1/s1. The van der Waals surface area contributed by atoms with Gasteiger partial charge in [-0.25, -0.2) is 4.39 Å². The number of benzene rings is 1. The summed E-state index contributed by atoms with van der Waals surface area (Å²) in [4.78, 5) is 12.2. The second-order valence-electron chi connectivity index (χ2n) is 4.44. The highest BCUT2D eigenvalue weighted by Gasteiger charge is 2.27. The Labute approximate surface area is 104 Å². The number of hydrogen-bond donors (Lipinski definition) is 1. The van der Waals surface area contributed by atoms with Gasteiger partial charge in [-0.15, -0.1) is 0 Å². The molecule has 1 saturated heterocycles. The second-order valence-corrected chi connectivity index (χ2v) is 4.44. The number of nitrogens with zero attached hydrogens (tertiary/aromatic N) is 2. The van der Waals surface area contributed by atoms with Crippen molar-refractivity contribution in [3.63, 3.8) is 0 Å². The monoisotopic (exact) mass is 254 g/mol. The van der Waals surface area contributed by atoms with Gasteiger partial charge in [0.05, 0.1) is 17.1 Å². The molecule has 1 aliphatic rings. The Morgan fingerprint density at radius 3 is 3.00 bits per heavy atom. The van der Waals surface area contributed by atoms with Crippen LogP contribution in [0.3, 0.4) is 0 Å². The van der Waals surface area contributed by atoms with E-state index in [-0.39, 0.29) is 30.4 Å². The number of rotatable bonds is 4. The summed E-state index contributed by atoms with van der Waals surface area (Å²) < 4.78 is 13.7. The van der Waals surface area contributed by atoms with Gasteiger partial charge in [0, 0.05) is 18.7 Å². The minimum atomic E-state index is -0.567. The van der Waals surface area contributed by atoms with Crippen LogP contribution in [0.4, 0.5) is 10.1 Å². The van der Waals surface area contributed by atoms with E-state index < -0.39 is 10.7 Å². The van der Waals surface area contributed by atoms with Crippen molar-refractivity contribution in [2.75, 3.05) is 13.2 Å². The lowest BCUT2D eigenvalue weighted by molar-refractivity contribution is -0.386. The average Bonchev–Trinajstić information content (AvgIpc) is 2.78. The van der Waals surface area contributed by atoms with Crippen molar-refractivity contribution in [2.24, 2.45) is 0 Å². The lowest BCUT2D eigenvalue weighted by atomic mass is 10.1. The van der Waals surface area contributed by atoms with Crippen LogP contribution in [0.15, 0.2) is 18.2 Å². The van der Waals surface area contributed by atoms with Gasteiger partial charge in [0.25, 0.3) is 5.69 Å². The molecule has 0 bridgehead atoms. The van der Waals surface area contributed by atoms with Gasteiger partial charge in [0.2, 0.25) is 0 Å². The minimum Gasteiger partial charge on any atom is -0.395 e. The average molecular weight is 254 g/mol. The highest BCUT2D eigenvalue weighted by molar-refractivity contribution is 5.40.